The Labute approximate surface area is 117 Å². The maximum absolute atomic E-state index is 5.62. The van der Waals surface area contributed by atoms with E-state index in [1.807, 2.05) is 0 Å². The van der Waals surface area contributed by atoms with Crippen LogP contribution < -0.4 is 10.2 Å². The van der Waals surface area contributed by atoms with Gasteiger partial charge in [-0.15, -0.1) is 0 Å². The van der Waals surface area contributed by atoms with Gasteiger partial charge in [-0.2, -0.15) is 4.98 Å². The predicted molar refractivity (Wildman–Crippen MR) is 80.5 cm³/mol. The van der Waals surface area contributed by atoms with Crippen LogP contribution in [0.2, 0.25) is 0 Å². The van der Waals surface area contributed by atoms with E-state index in [0.717, 1.165) is 37.8 Å². The minimum atomic E-state index is 0.423. The summed E-state index contributed by atoms with van der Waals surface area (Å²) in [5.41, 5.74) is 0.990. The number of aromatic nitrogens is 1. The zero-order valence-corrected chi connectivity index (χ0v) is 12.9. The van der Waals surface area contributed by atoms with Gasteiger partial charge in [-0.25, -0.2) is 0 Å². The average molecular weight is 267 g/mol. The van der Waals surface area contributed by atoms with Crippen LogP contribution in [0.15, 0.2) is 10.7 Å². The van der Waals surface area contributed by atoms with Crippen molar-refractivity contribution >= 4 is 6.01 Å². The largest absolute Gasteiger partial charge is 0.432 e. The summed E-state index contributed by atoms with van der Waals surface area (Å²) in [4.78, 5) is 6.83. The minimum Gasteiger partial charge on any atom is -0.432 e. The number of hydrogen-bond acceptors (Lipinski definition) is 4. The smallest absolute Gasteiger partial charge is 0.297 e. The lowest BCUT2D eigenvalue weighted by Crippen LogP contribution is -2.32. The summed E-state index contributed by atoms with van der Waals surface area (Å²) < 4.78 is 5.62. The van der Waals surface area contributed by atoms with Gasteiger partial charge in [-0.05, 0) is 33.2 Å². The number of nitrogens with one attached hydrogen (secondary N) is 1. The molecule has 0 saturated heterocycles. The van der Waals surface area contributed by atoms with Gasteiger partial charge in [0.05, 0.1) is 5.69 Å². The normalized spacial score (nSPS) is 11.2. The first-order valence-corrected chi connectivity index (χ1v) is 7.60. The number of hydrogen-bond donors (Lipinski definition) is 1. The molecular weight excluding hydrogens is 238 g/mol. The molecule has 1 aromatic rings. The lowest BCUT2D eigenvalue weighted by molar-refractivity contribution is 0.502. The van der Waals surface area contributed by atoms with E-state index in [4.69, 9.17) is 4.42 Å². The molecule has 4 heteroatoms. The maximum atomic E-state index is 5.62. The Morgan fingerprint density at radius 1 is 1.26 bits per heavy atom. The minimum absolute atomic E-state index is 0.423. The highest BCUT2D eigenvalue weighted by atomic mass is 16.4. The molecule has 0 aliphatic rings. The van der Waals surface area contributed by atoms with Gasteiger partial charge in [0.25, 0.3) is 6.01 Å². The molecule has 1 heterocycles. The molecule has 0 bridgehead atoms. The van der Waals surface area contributed by atoms with Crippen LogP contribution in [0.4, 0.5) is 6.01 Å². The van der Waals surface area contributed by atoms with Gasteiger partial charge in [0.15, 0.2) is 0 Å². The van der Waals surface area contributed by atoms with Gasteiger partial charge in [0.1, 0.15) is 6.26 Å². The standard InChI is InChI=1S/C15H29N3O/c1-5-7-8-10-18(13(3)4)15-17-14(12-19-15)11-16-9-6-2/h12-13,16H,5-11H2,1-4H3. The topological polar surface area (TPSA) is 41.3 Å². The lowest BCUT2D eigenvalue weighted by Gasteiger charge is -2.24. The maximum Gasteiger partial charge on any atom is 0.297 e. The highest BCUT2D eigenvalue weighted by Gasteiger charge is 2.15. The van der Waals surface area contributed by atoms with E-state index < -0.39 is 0 Å². The zero-order chi connectivity index (χ0) is 14.1. The van der Waals surface area contributed by atoms with Crippen molar-refractivity contribution < 1.29 is 4.42 Å². The summed E-state index contributed by atoms with van der Waals surface area (Å²) in [5.74, 6) is 0. The van der Waals surface area contributed by atoms with E-state index in [-0.39, 0.29) is 0 Å². The fourth-order valence-electron chi connectivity index (χ4n) is 2.01. The van der Waals surface area contributed by atoms with Crippen molar-refractivity contribution in [3.05, 3.63) is 12.0 Å². The number of rotatable bonds is 10. The molecule has 0 spiro atoms. The van der Waals surface area contributed by atoms with Crippen LogP contribution in [0.25, 0.3) is 0 Å². The number of oxazole rings is 1. The number of anilines is 1. The van der Waals surface area contributed by atoms with Gasteiger partial charge < -0.3 is 14.6 Å². The van der Waals surface area contributed by atoms with Crippen LogP contribution in [0.1, 0.15) is 59.1 Å². The van der Waals surface area contributed by atoms with Crippen molar-refractivity contribution in [2.75, 3.05) is 18.0 Å². The van der Waals surface area contributed by atoms with Crippen molar-refractivity contribution in [2.45, 2.75) is 66.0 Å². The predicted octanol–water partition coefficient (Wildman–Crippen LogP) is 3.58. The summed E-state index contributed by atoms with van der Waals surface area (Å²) in [6.45, 7) is 11.6. The summed E-state index contributed by atoms with van der Waals surface area (Å²) >= 11 is 0. The summed E-state index contributed by atoms with van der Waals surface area (Å²) in [5, 5.41) is 3.34. The van der Waals surface area contributed by atoms with Gasteiger partial charge in [-0.1, -0.05) is 26.7 Å². The first-order chi connectivity index (χ1) is 9.19. The number of unbranched alkanes of at least 4 members (excludes halogenated alkanes) is 2. The Bertz CT molecular complexity index is 336. The van der Waals surface area contributed by atoms with E-state index in [2.05, 4.69) is 42.9 Å². The second kappa shape index (κ2) is 8.97. The molecule has 0 fully saturated rings. The highest BCUT2D eigenvalue weighted by Crippen LogP contribution is 2.17. The second-order valence-electron chi connectivity index (χ2n) is 5.29. The van der Waals surface area contributed by atoms with Crippen molar-refractivity contribution in [3.63, 3.8) is 0 Å². The van der Waals surface area contributed by atoms with Crippen molar-refractivity contribution in [2.24, 2.45) is 0 Å². The number of nitrogens with zero attached hydrogens (tertiary/aromatic N) is 2. The van der Waals surface area contributed by atoms with Crippen LogP contribution in [0.3, 0.4) is 0 Å². The molecule has 0 atom stereocenters. The Balaban J connectivity index is 2.53. The third-order valence-corrected chi connectivity index (χ3v) is 3.14. The Morgan fingerprint density at radius 3 is 2.68 bits per heavy atom. The van der Waals surface area contributed by atoms with E-state index in [9.17, 15) is 0 Å². The van der Waals surface area contributed by atoms with Crippen molar-refractivity contribution in [3.8, 4) is 0 Å². The van der Waals surface area contributed by atoms with Gasteiger partial charge >= 0.3 is 0 Å². The Morgan fingerprint density at radius 2 is 2.05 bits per heavy atom. The van der Waals surface area contributed by atoms with Crippen LogP contribution >= 0.6 is 0 Å². The average Bonchev–Trinajstić information content (AvgIpc) is 2.83. The fraction of sp³-hybridized carbons (Fsp3) is 0.800. The van der Waals surface area contributed by atoms with Crippen LogP contribution in [-0.2, 0) is 6.54 Å². The zero-order valence-electron chi connectivity index (χ0n) is 12.9. The lowest BCUT2D eigenvalue weighted by atomic mass is 10.2. The second-order valence-corrected chi connectivity index (χ2v) is 5.29. The molecule has 0 aliphatic carbocycles. The molecule has 0 aromatic carbocycles. The molecule has 1 N–H and O–H groups in total. The van der Waals surface area contributed by atoms with Crippen molar-refractivity contribution in [1.29, 1.82) is 0 Å². The first kappa shape index (κ1) is 16.0. The molecule has 1 rings (SSSR count). The third-order valence-electron chi connectivity index (χ3n) is 3.14. The van der Waals surface area contributed by atoms with Crippen molar-refractivity contribution in [1.82, 2.24) is 10.3 Å². The summed E-state index contributed by atoms with van der Waals surface area (Å²) in [7, 11) is 0. The first-order valence-electron chi connectivity index (χ1n) is 7.60. The van der Waals surface area contributed by atoms with E-state index in [1.165, 1.54) is 19.3 Å². The van der Waals surface area contributed by atoms with Gasteiger partial charge in [0.2, 0.25) is 0 Å². The molecule has 0 unspecified atom stereocenters. The molecule has 0 amide bonds. The summed E-state index contributed by atoms with van der Waals surface area (Å²) in [6, 6.07) is 1.19. The van der Waals surface area contributed by atoms with Gasteiger partial charge in [0, 0.05) is 19.1 Å². The molecule has 0 aliphatic heterocycles. The molecule has 19 heavy (non-hydrogen) atoms. The Hall–Kier alpha value is -1.03. The van der Waals surface area contributed by atoms with Crippen LogP contribution in [0.5, 0.6) is 0 Å². The van der Waals surface area contributed by atoms with Crippen LogP contribution in [-0.4, -0.2) is 24.1 Å². The molecule has 0 saturated carbocycles. The molecule has 4 nitrogen and oxygen atoms in total. The molecule has 1 aromatic heterocycles. The van der Waals surface area contributed by atoms with E-state index in [1.54, 1.807) is 6.26 Å². The molecule has 110 valence electrons. The molecule has 0 radical (unpaired) electrons. The van der Waals surface area contributed by atoms with Gasteiger partial charge in [-0.3, -0.25) is 0 Å². The SMILES string of the molecule is CCCCCN(c1nc(CNCCC)co1)C(C)C. The molecular formula is C15H29N3O. The Kier molecular flexibility index (Phi) is 7.56. The fourth-order valence-corrected chi connectivity index (χ4v) is 2.01. The monoisotopic (exact) mass is 267 g/mol. The highest BCUT2D eigenvalue weighted by molar-refractivity contribution is 5.28. The quantitative estimate of drug-likeness (QED) is 0.658. The third kappa shape index (κ3) is 5.64. The van der Waals surface area contributed by atoms with E-state index >= 15 is 0 Å². The van der Waals surface area contributed by atoms with E-state index in [0.29, 0.717) is 6.04 Å². The van der Waals surface area contributed by atoms with Crippen LogP contribution in [0, 0.1) is 0 Å². The summed E-state index contributed by atoms with van der Waals surface area (Å²) in [6.07, 6.45) is 6.60.